The zero-order valence-corrected chi connectivity index (χ0v) is 11.6. The smallest absolute Gasteiger partial charge is 0.123 e. The first kappa shape index (κ1) is 14.9. The monoisotopic (exact) mass is 254 g/mol. The SMILES string of the molecule is COC(C)(C)CC(CN)N(C)c1ccc(F)cc1. The molecule has 0 aliphatic rings. The Morgan fingerprint density at radius 1 is 1.33 bits per heavy atom. The topological polar surface area (TPSA) is 38.5 Å². The standard InChI is InChI=1S/C14H23FN2O/c1-14(2,18-4)9-13(10-16)17(3)12-7-5-11(15)6-8-12/h5-8,13H,9-10,16H2,1-4H3. The maximum Gasteiger partial charge on any atom is 0.123 e. The van der Waals surface area contributed by atoms with Crippen molar-refractivity contribution in [3.8, 4) is 0 Å². The highest BCUT2D eigenvalue weighted by Crippen LogP contribution is 2.22. The van der Waals surface area contributed by atoms with Crippen molar-refractivity contribution >= 4 is 5.69 Å². The molecule has 102 valence electrons. The molecule has 0 bridgehead atoms. The second-order valence-electron chi connectivity index (χ2n) is 5.14. The third-order valence-corrected chi connectivity index (χ3v) is 3.33. The molecular formula is C14H23FN2O. The molecule has 1 rings (SSSR count). The number of methoxy groups -OCH3 is 1. The van der Waals surface area contributed by atoms with Gasteiger partial charge in [0.25, 0.3) is 0 Å². The third-order valence-electron chi connectivity index (χ3n) is 3.33. The maximum atomic E-state index is 12.9. The summed E-state index contributed by atoms with van der Waals surface area (Å²) in [6, 6.07) is 6.60. The fourth-order valence-corrected chi connectivity index (χ4v) is 1.92. The lowest BCUT2D eigenvalue weighted by atomic mass is 9.97. The number of likely N-dealkylation sites (N-methyl/N-ethyl adjacent to an activating group) is 1. The van der Waals surface area contributed by atoms with Crippen LogP contribution in [0.1, 0.15) is 20.3 Å². The third kappa shape index (κ3) is 3.96. The van der Waals surface area contributed by atoms with Crippen molar-refractivity contribution < 1.29 is 9.13 Å². The van der Waals surface area contributed by atoms with Crippen molar-refractivity contribution in [3.05, 3.63) is 30.1 Å². The Hall–Kier alpha value is -1.13. The second-order valence-corrected chi connectivity index (χ2v) is 5.14. The number of anilines is 1. The van der Waals surface area contributed by atoms with Gasteiger partial charge in [0.2, 0.25) is 0 Å². The Morgan fingerprint density at radius 3 is 2.33 bits per heavy atom. The average Bonchev–Trinajstić information content (AvgIpc) is 2.36. The predicted molar refractivity (Wildman–Crippen MR) is 73.4 cm³/mol. The highest BCUT2D eigenvalue weighted by Gasteiger charge is 2.24. The van der Waals surface area contributed by atoms with Gasteiger partial charge < -0.3 is 15.4 Å². The number of halogens is 1. The molecule has 4 heteroatoms. The summed E-state index contributed by atoms with van der Waals surface area (Å²) in [6.07, 6.45) is 0.813. The fraction of sp³-hybridized carbons (Fsp3) is 0.571. The van der Waals surface area contributed by atoms with Crippen LogP contribution in [0.25, 0.3) is 0 Å². The van der Waals surface area contributed by atoms with Crippen LogP contribution < -0.4 is 10.6 Å². The Bertz CT molecular complexity index is 365. The van der Waals surface area contributed by atoms with Gasteiger partial charge in [0, 0.05) is 32.4 Å². The van der Waals surface area contributed by atoms with Crippen molar-refractivity contribution in [2.75, 3.05) is 25.6 Å². The van der Waals surface area contributed by atoms with E-state index < -0.39 is 0 Å². The molecule has 2 N–H and O–H groups in total. The van der Waals surface area contributed by atoms with E-state index in [9.17, 15) is 4.39 Å². The molecular weight excluding hydrogens is 231 g/mol. The van der Waals surface area contributed by atoms with Gasteiger partial charge in [-0.05, 0) is 44.5 Å². The van der Waals surface area contributed by atoms with E-state index in [1.54, 1.807) is 19.2 Å². The highest BCUT2D eigenvalue weighted by atomic mass is 19.1. The minimum Gasteiger partial charge on any atom is -0.379 e. The second kappa shape index (κ2) is 6.16. The summed E-state index contributed by atoms with van der Waals surface area (Å²) in [5.41, 5.74) is 6.56. The van der Waals surface area contributed by atoms with Crippen molar-refractivity contribution in [1.82, 2.24) is 0 Å². The van der Waals surface area contributed by atoms with Gasteiger partial charge in [-0.1, -0.05) is 0 Å². The number of hydrogen-bond donors (Lipinski definition) is 1. The number of hydrogen-bond acceptors (Lipinski definition) is 3. The van der Waals surface area contributed by atoms with Crippen LogP contribution in [0, 0.1) is 5.82 Å². The van der Waals surface area contributed by atoms with E-state index in [2.05, 4.69) is 4.90 Å². The Balaban J connectivity index is 2.79. The first-order chi connectivity index (χ1) is 8.39. The summed E-state index contributed by atoms with van der Waals surface area (Å²) in [7, 11) is 3.67. The van der Waals surface area contributed by atoms with Crippen molar-refractivity contribution in [2.24, 2.45) is 5.73 Å². The minimum atomic E-state index is -0.228. The maximum absolute atomic E-state index is 12.9. The van der Waals surface area contributed by atoms with E-state index >= 15 is 0 Å². The molecule has 0 amide bonds. The minimum absolute atomic E-state index is 0.158. The molecule has 0 fully saturated rings. The van der Waals surface area contributed by atoms with E-state index in [0.717, 1.165) is 12.1 Å². The number of rotatable bonds is 6. The average molecular weight is 254 g/mol. The van der Waals surface area contributed by atoms with Crippen LogP contribution in [0.2, 0.25) is 0 Å². The van der Waals surface area contributed by atoms with Gasteiger partial charge in [0.15, 0.2) is 0 Å². The summed E-state index contributed by atoms with van der Waals surface area (Å²) >= 11 is 0. The van der Waals surface area contributed by atoms with Gasteiger partial charge in [-0.15, -0.1) is 0 Å². The Morgan fingerprint density at radius 2 is 1.89 bits per heavy atom. The normalized spacial score (nSPS) is 13.4. The quantitative estimate of drug-likeness (QED) is 0.847. The molecule has 0 radical (unpaired) electrons. The molecule has 0 aliphatic carbocycles. The first-order valence-corrected chi connectivity index (χ1v) is 6.13. The first-order valence-electron chi connectivity index (χ1n) is 6.13. The van der Waals surface area contributed by atoms with Gasteiger partial charge in [-0.3, -0.25) is 0 Å². The van der Waals surface area contributed by atoms with Crippen LogP contribution in [-0.4, -0.2) is 32.3 Å². The molecule has 1 aromatic rings. The zero-order valence-electron chi connectivity index (χ0n) is 11.6. The number of benzene rings is 1. The molecule has 0 saturated carbocycles. The lowest BCUT2D eigenvalue weighted by Crippen LogP contribution is -2.43. The van der Waals surface area contributed by atoms with Gasteiger partial charge in [0.05, 0.1) is 5.60 Å². The molecule has 1 atom stereocenters. The van der Waals surface area contributed by atoms with Gasteiger partial charge in [-0.25, -0.2) is 4.39 Å². The van der Waals surface area contributed by atoms with E-state index in [0.29, 0.717) is 6.54 Å². The van der Waals surface area contributed by atoms with Crippen molar-refractivity contribution in [3.63, 3.8) is 0 Å². The lowest BCUT2D eigenvalue weighted by Gasteiger charge is -2.35. The van der Waals surface area contributed by atoms with E-state index in [-0.39, 0.29) is 17.5 Å². The van der Waals surface area contributed by atoms with E-state index in [1.165, 1.54) is 12.1 Å². The molecule has 0 saturated heterocycles. The molecule has 0 spiro atoms. The molecule has 3 nitrogen and oxygen atoms in total. The predicted octanol–water partition coefficient (Wildman–Crippen LogP) is 2.40. The largest absolute Gasteiger partial charge is 0.379 e. The van der Waals surface area contributed by atoms with Crippen LogP contribution in [-0.2, 0) is 4.74 Å². The molecule has 0 aromatic heterocycles. The lowest BCUT2D eigenvalue weighted by molar-refractivity contribution is 0.0104. The van der Waals surface area contributed by atoms with Crippen LogP contribution in [0.4, 0.5) is 10.1 Å². The van der Waals surface area contributed by atoms with Gasteiger partial charge >= 0.3 is 0 Å². The molecule has 1 unspecified atom stereocenters. The highest BCUT2D eigenvalue weighted by molar-refractivity contribution is 5.46. The van der Waals surface area contributed by atoms with Crippen LogP contribution in [0.5, 0.6) is 0 Å². The summed E-state index contributed by atoms with van der Waals surface area (Å²) in [5, 5.41) is 0. The number of nitrogens with zero attached hydrogens (tertiary/aromatic N) is 1. The van der Waals surface area contributed by atoms with Gasteiger partial charge in [0.1, 0.15) is 5.82 Å². The Kier molecular flexibility index (Phi) is 5.11. The summed E-state index contributed by atoms with van der Waals surface area (Å²) in [5.74, 6) is -0.228. The molecule has 18 heavy (non-hydrogen) atoms. The molecule has 0 heterocycles. The summed E-state index contributed by atoms with van der Waals surface area (Å²) in [4.78, 5) is 2.07. The molecule has 0 aliphatic heterocycles. The van der Waals surface area contributed by atoms with Crippen LogP contribution in [0.3, 0.4) is 0 Å². The van der Waals surface area contributed by atoms with Crippen molar-refractivity contribution in [2.45, 2.75) is 31.9 Å². The van der Waals surface area contributed by atoms with E-state index in [1.807, 2.05) is 20.9 Å². The number of nitrogens with two attached hydrogens (primary N) is 1. The van der Waals surface area contributed by atoms with Crippen molar-refractivity contribution in [1.29, 1.82) is 0 Å². The number of ether oxygens (including phenoxy) is 1. The van der Waals surface area contributed by atoms with Crippen LogP contribution >= 0.6 is 0 Å². The summed E-state index contributed by atoms with van der Waals surface area (Å²) < 4.78 is 18.3. The van der Waals surface area contributed by atoms with Gasteiger partial charge in [-0.2, -0.15) is 0 Å². The Labute approximate surface area is 109 Å². The van der Waals surface area contributed by atoms with Crippen LogP contribution in [0.15, 0.2) is 24.3 Å². The fourth-order valence-electron chi connectivity index (χ4n) is 1.92. The zero-order chi connectivity index (χ0) is 13.8. The van der Waals surface area contributed by atoms with E-state index in [4.69, 9.17) is 10.5 Å². The summed E-state index contributed by atoms with van der Waals surface area (Å²) in [6.45, 7) is 4.60. The molecule has 1 aromatic carbocycles.